The Morgan fingerprint density at radius 2 is 1.40 bits per heavy atom. The van der Waals surface area contributed by atoms with Gasteiger partial charge >= 0.3 is 5.97 Å². The Labute approximate surface area is 260 Å². The van der Waals surface area contributed by atoms with Gasteiger partial charge in [-0.05, 0) is 66.2 Å². The first-order valence-electron chi connectivity index (χ1n) is 13.4. The van der Waals surface area contributed by atoms with Gasteiger partial charge < -0.3 is 23.7 Å². The average Bonchev–Trinajstić information content (AvgIpc) is 3.07. The predicted octanol–water partition coefficient (Wildman–Crippen LogP) is 4.29. The Morgan fingerprint density at radius 3 is 2.04 bits per heavy atom. The molecule has 45 heavy (non-hydrogen) atoms. The van der Waals surface area contributed by atoms with E-state index in [1.54, 1.807) is 60.7 Å². The predicted molar refractivity (Wildman–Crippen MR) is 167 cm³/mol. The lowest BCUT2D eigenvalue weighted by molar-refractivity contribution is -0.119. The highest BCUT2D eigenvalue weighted by Gasteiger charge is 2.31. The van der Waals surface area contributed by atoms with Gasteiger partial charge in [-0.1, -0.05) is 18.2 Å². The van der Waals surface area contributed by atoms with Gasteiger partial charge in [0.1, 0.15) is 23.8 Å². The van der Waals surface area contributed by atoms with Crippen molar-refractivity contribution in [2.45, 2.75) is 4.90 Å². The molecular formula is C32H31N3O9S. The highest BCUT2D eigenvalue weighted by atomic mass is 32.2. The number of hydrogen-bond donors (Lipinski definition) is 1. The minimum atomic E-state index is -4.37. The Kier molecular flexibility index (Phi) is 10.6. The second-order valence-corrected chi connectivity index (χ2v) is 11.0. The summed E-state index contributed by atoms with van der Waals surface area (Å²) in [6.45, 7) is -0.661. The van der Waals surface area contributed by atoms with Crippen LogP contribution in [0.25, 0.3) is 0 Å². The third-order valence-electron chi connectivity index (χ3n) is 6.39. The van der Waals surface area contributed by atoms with E-state index in [1.165, 1.54) is 65.0 Å². The van der Waals surface area contributed by atoms with Gasteiger partial charge in [-0.3, -0.25) is 9.10 Å². The lowest BCUT2D eigenvalue weighted by Crippen LogP contribution is -2.39. The molecule has 0 aliphatic rings. The highest BCUT2D eigenvalue weighted by Crippen LogP contribution is 2.37. The molecule has 0 aliphatic carbocycles. The molecule has 0 aliphatic heterocycles. The molecule has 0 radical (unpaired) electrons. The quantitative estimate of drug-likeness (QED) is 0.0988. The summed E-state index contributed by atoms with van der Waals surface area (Å²) in [5.41, 5.74) is 3.41. The number of esters is 1. The van der Waals surface area contributed by atoms with E-state index in [0.29, 0.717) is 28.4 Å². The first-order valence-corrected chi connectivity index (χ1v) is 14.8. The van der Waals surface area contributed by atoms with Crippen LogP contribution in [0.2, 0.25) is 0 Å². The number of rotatable bonds is 13. The number of nitrogens with zero attached hydrogens (tertiary/aromatic N) is 2. The molecule has 0 unspecified atom stereocenters. The van der Waals surface area contributed by atoms with Crippen molar-refractivity contribution in [2.75, 3.05) is 39.3 Å². The van der Waals surface area contributed by atoms with Gasteiger partial charge in [-0.15, -0.1) is 0 Å². The molecule has 4 aromatic rings. The third-order valence-corrected chi connectivity index (χ3v) is 8.14. The zero-order valence-corrected chi connectivity index (χ0v) is 25.7. The van der Waals surface area contributed by atoms with Crippen LogP contribution in [0.15, 0.2) is 101 Å². The number of amides is 1. The Bertz CT molecular complexity index is 1780. The van der Waals surface area contributed by atoms with Crippen LogP contribution in [-0.2, 0) is 14.8 Å². The fourth-order valence-electron chi connectivity index (χ4n) is 4.10. The number of hydrogen-bond acceptors (Lipinski definition) is 10. The van der Waals surface area contributed by atoms with Crippen molar-refractivity contribution in [3.8, 4) is 28.7 Å². The molecule has 13 heteroatoms. The van der Waals surface area contributed by atoms with Crippen molar-refractivity contribution in [2.24, 2.45) is 5.10 Å². The summed E-state index contributed by atoms with van der Waals surface area (Å²) in [6, 6.07) is 23.7. The molecule has 4 aromatic carbocycles. The molecule has 12 nitrogen and oxygen atoms in total. The zero-order valence-electron chi connectivity index (χ0n) is 24.9. The van der Waals surface area contributed by atoms with E-state index in [2.05, 4.69) is 10.5 Å². The number of sulfonamides is 1. The van der Waals surface area contributed by atoms with Crippen molar-refractivity contribution in [1.29, 1.82) is 0 Å². The van der Waals surface area contributed by atoms with E-state index in [9.17, 15) is 18.0 Å². The summed E-state index contributed by atoms with van der Waals surface area (Å²) in [5.74, 6) is 0.132. The minimum Gasteiger partial charge on any atom is -0.497 e. The molecule has 0 bridgehead atoms. The van der Waals surface area contributed by atoms with Crippen LogP contribution < -0.4 is 33.4 Å². The molecule has 0 saturated heterocycles. The van der Waals surface area contributed by atoms with E-state index >= 15 is 0 Å². The summed E-state index contributed by atoms with van der Waals surface area (Å²) >= 11 is 0. The summed E-state index contributed by atoms with van der Waals surface area (Å²) in [7, 11) is 1.25. The van der Waals surface area contributed by atoms with Crippen molar-refractivity contribution >= 4 is 33.8 Å². The van der Waals surface area contributed by atoms with E-state index in [4.69, 9.17) is 23.7 Å². The smallest absolute Gasteiger partial charge is 0.343 e. The molecule has 0 heterocycles. The van der Waals surface area contributed by atoms with Gasteiger partial charge in [0.05, 0.1) is 50.8 Å². The second kappa shape index (κ2) is 14.8. The number of methoxy groups -OCH3 is 4. The van der Waals surface area contributed by atoms with Crippen LogP contribution in [0.1, 0.15) is 15.9 Å². The maximum Gasteiger partial charge on any atom is 0.343 e. The first kappa shape index (κ1) is 32.4. The van der Waals surface area contributed by atoms with Gasteiger partial charge in [-0.25, -0.2) is 18.6 Å². The van der Waals surface area contributed by atoms with E-state index in [0.717, 1.165) is 4.31 Å². The van der Waals surface area contributed by atoms with Crippen LogP contribution in [-0.4, -0.2) is 61.5 Å². The van der Waals surface area contributed by atoms with Crippen molar-refractivity contribution in [3.05, 3.63) is 102 Å². The maximum atomic E-state index is 14.0. The molecule has 234 valence electrons. The Morgan fingerprint density at radius 1 is 0.756 bits per heavy atom. The SMILES string of the molecule is COc1ccc(OC)c(N(CC(=O)N/N=C\c2ccc(OC(=O)c3ccccc3)cc2)S(=O)(=O)c2ccc(OC)c(OC)c2)c1. The normalized spacial score (nSPS) is 11.0. The molecule has 0 atom stereocenters. The second-order valence-electron chi connectivity index (χ2n) is 9.18. The summed E-state index contributed by atoms with van der Waals surface area (Å²) in [4.78, 5) is 25.2. The Hall–Kier alpha value is -5.56. The van der Waals surface area contributed by atoms with E-state index in [-0.39, 0.29) is 22.1 Å². The van der Waals surface area contributed by atoms with Crippen molar-refractivity contribution < 1.29 is 41.7 Å². The number of nitrogens with one attached hydrogen (secondary N) is 1. The fourth-order valence-corrected chi connectivity index (χ4v) is 5.54. The summed E-state index contributed by atoms with van der Waals surface area (Å²) in [6.07, 6.45) is 1.36. The molecular weight excluding hydrogens is 602 g/mol. The van der Waals surface area contributed by atoms with E-state index in [1.807, 2.05) is 0 Å². The first-order chi connectivity index (χ1) is 21.7. The van der Waals surface area contributed by atoms with Crippen LogP contribution in [0.4, 0.5) is 5.69 Å². The molecule has 0 spiro atoms. The Balaban J connectivity index is 1.54. The number of carbonyl (C=O) groups excluding carboxylic acids is 2. The molecule has 1 N–H and O–H groups in total. The summed E-state index contributed by atoms with van der Waals surface area (Å²) in [5, 5.41) is 3.96. The lowest BCUT2D eigenvalue weighted by atomic mass is 10.2. The van der Waals surface area contributed by atoms with E-state index < -0.39 is 28.4 Å². The molecule has 0 fully saturated rings. The van der Waals surface area contributed by atoms with Crippen LogP contribution in [0, 0.1) is 0 Å². The number of anilines is 1. The van der Waals surface area contributed by atoms with Crippen molar-refractivity contribution in [1.82, 2.24) is 5.43 Å². The molecule has 0 saturated carbocycles. The fraction of sp³-hybridized carbons (Fsp3) is 0.156. The van der Waals surface area contributed by atoms with Crippen LogP contribution >= 0.6 is 0 Å². The molecule has 4 rings (SSSR count). The number of benzene rings is 4. The summed E-state index contributed by atoms with van der Waals surface area (Å²) < 4.78 is 55.4. The van der Waals surface area contributed by atoms with Crippen LogP contribution in [0.3, 0.4) is 0 Å². The lowest BCUT2D eigenvalue weighted by Gasteiger charge is -2.26. The molecule has 1 amide bonds. The number of hydrazone groups is 1. The monoisotopic (exact) mass is 633 g/mol. The average molecular weight is 634 g/mol. The van der Waals surface area contributed by atoms with Crippen molar-refractivity contribution in [3.63, 3.8) is 0 Å². The zero-order chi connectivity index (χ0) is 32.4. The number of carbonyl (C=O) groups is 2. The van der Waals surface area contributed by atoms with Gasteiger partial charge in [0.2, 0.25) is 0 Å². The van der Waals surface area contributed by atoms with Gasteiger partial charge in [-0.2, -0.15) is 5.10 Å². The largest absolute Gasteiger partial charge is 0.497 e. The minimum absolute atomic E-state index is 0.0615. The highest BCUT2D eigenvalue weighted by molar-refractivity contribution is 7.92. The number of ether oxygens (including phenoxy) is 5. The topological polar surface area (TPSA) is 142 Å². The van der Waals surface area contributed by atoms with Gasteiger partial charge in [0, 0.05) is 12.1 Å². The molecule has 0 aromatic heterocycles. The third kappa shape index (κ3) is 7.89. The van der Waals surface area contributed by atoms with Gasteiger partial charge in [0.15, 0.2) is 11.5 Å². The van der Waals surface area contributed by atoms with Crippen LogP contribution in [0.5, 0.6) is 28.7 Å². The maximum absolute atomic E-state index is 14.0. The standard InChI is InChI=1S/C32H31N3O9S/c1-40-25-14-16-28(41-2)27(18-25)35(45(38,39)26-15-17-29(42-3)30(19-26)43-4)21-31(36)34-33-20-22-10-12-24(13-11-22)44-32(37)23-8-6-5-7-9-23/h5-20H,21H2,1-4H3,(H,34,36)/b33-20-. The van der Waals surface area contributed by atoms with Gasteiger partial charge in [0.25, 0.3) is 15.9 Å².